The molecule has 3 heterocycles. The largest absolute Gasteiger partial charge is 0.355 e. The molecule has 0 aromatic carbocycles. The second kappa shape index (κ2) is 7.37. The van der Waals surface area contributed by atoms with Crippen LogP contribution in [0.25, 0.3) is 0 Å². The lowest BCUT2D eigenvalue weighted by molar-refractivity contribution is -0.137. The van der Waals surface area contributed by atoms with E-state index in [1.165, 1.54) is 0 Å². The number of piperidine rings is 1. The molecular weight excluding hydrogens is 318 g/mol. The quantitative estimate of drug-likeness (QED) is 0.887. The number of amides is 2. The zero-order chi connectivity index (χ0) is 18.0. The van der Waals surface area contributed by atoms with Gasteiger partial charge in [0.05, 0.1) is 5.92 Å². The Hall–Kier alpha value is -2.18. The molecule has 1 N–H and O–H groups in total. The predicted octanol–water partition coefficient (Wildman–Crippen LogP) is 1.08. The number of carbonyl (C=O) groups is 2. The number of rotatable bonds is 3. The minimum Gasteiger partial charge on any atom is -0.355 e. The van der Waals surface area contributed by atoms with Crippen LogP contribution >= 0.6 is 0 Å². The summed E-state index contributed by atoms with van der Waals surface area (Å²) in [6.45, 7) is 9.61. The van der Waals surface area contributed by atoms with Gasteiger partial charge in [-0.15, -0.1) is 0 Å². The van der Waals surface area contributed by atoms with Gasteiger partial charge in [0.1, 0.15) is 11.6 Å². The van der Waals surface area contributed by atoms with E-state index >= 15 is 0 Å². The number of anilines is 1. The highest BCUT2D eigenvalue weighted by Gasteiger charge is 2.30. The van der Waals surface area contributed by atoms with Crippen molar-refractivity contribution in [1.29, 1.82) is 0 Å². The van der Waals surface area contributed by atoms with Crippen LogP contribution in [0.15, 0.2) is 6.07 Å². The molecule has 2 fully saturated rings. The van der Waals surface area contributed by atoms with Crippen molar-refractivity contribution < 1.29 is 9.59 Å². The van der Waals surface area contributed by atoms with Gasteiger partial charge in [-0.3, -0.25) is 9.59 Å². The first-order chi connectivity index (χ1) is 11.9. The van der Waals surface area contributed by atoms with E-state index in [1.807, 2.05) is 17.9 Å². The minimum absolute atomic E-state index is 0.0500. The molecule has 7 nitrogen and oxygen atoms in total. The number of hydrogen-bond acceptors (Lipinski definition) is 5. The van der Waals surface area contributed by atoms with Crippen molar-refractivity contribution in [3.05, 3.63) is 17.6 Å². The molecule has 0 spiro atoms. The first-order valence-electron chi connectivity index (χ1n) is 9.10. The molecule has 0 unspecified atom stereocenters. The Kier molecular flexibility index (Phi) is 5.20. The molecule has 1 atom stereocenters. The molecule has 1 aromatic rings. The first-order valence-corrected chi connectivity index (χ1v) is 9.10. The molecule has 0 radical (unpaired) electrons. The number of aromatic nitrogens is 2. The fraction of sp³-hybridized carbons (Fsp3) is 0.667. The van der Waals surface area contributed by atoms with E-state index in [9.17, 15) is 9.59 Å². The van der Waals surface area contributed by atoms with E-state index in [2.05, 4.69) is 34.0 Å². The average molecular weight is 345 g/mol. The molecule has 0 saturated carbocycles. The Morgan fingerprint density at radius 2 is 1.96 bits per heavy atom. The molecule has 0 bridgehead atoms. The van der Waals surface area contributed by atoms with Gasteiger partial charge in [-0.05, 0) is 13.3 Å². The van der Waals surface area contributed by atoms with E-state index in [1.54, 1.807) is 0 Å². The lowest BCUT2D eigenvalue weighted by atomic mass is 9.97. The maximum Gasteiger partial charge on any atom is 0.227 e. The van der Waals surface area contributed by atoms with Crippen LogP contribution in [0.3, 0.4) is 0 Å². The highest BCUT2D eigenvalue weighted by molar-refractivity contribution is 5.84. The molecule has 2 saturated heterocycles. The first kappa shape index (κ1) is 17.6. The van der Waals surface area contributed by atoms with Crippen molar-refractivity contribution in [2.45, 2.75) is 39.5 Å². The third-order valence-corrected chi connectivity index (χ3v) is 4.90. The van der Waals surface area contributed by atoms with Crippen molar-refractivity contribution in [1.82, 2.24) is 20.2 Å². The van der Waals surface area contributed by atoms with Crippen LogP contribution < -0.4 is 10.2 Å². The molecule has 2 aliphatic rings. The van der Waals surface area contributed by atoms with Crippen LogP contribution in [0.1, 0.15) is 44.1 Å². The van der Waals surface area contributed by atoms with Crippen molar-refractivity contribution in [3.63, 3.8) is 0 Å². The lowest BCUT2D eigenvalue weighted by Gasteiger charge is -2.37. The van der Waals surface area contributed by atoms with E-state index in [4.69, 9.17) is 0 Å². The molecule has 7 heteroatoms. The Balaban J connectivity index is 1.60. The number of nitrogens with zero attached hydrogens (tertiary/aromatic N) is 4. The van der Waals surface area contributed by atoms with Gasteiger partial charge in [0.25, 0.3) is 0 Å². The number of aryl methyl sites for hydroxylation is 1. The summed E-state index contributed by atoms with van der Waals surface area (Å²) in [6.07, 6.45) is 1.11. The third kappa shape index (κ3) is 4.08. The molecule has 3 rings (SSSR count). The summed E-state index contributed by atoms with van der Waals surface area (Å²) >= 11 is 0. The summed E-state index contributed by atoms with van der Waals surface area (Å²) in [4.78, 5) is 37.2. The van der Waals surface area contributed by atoms with E-state index in [0.29, 0.717) is 38.4 Å². The van der Waals surface area contributed by atoms with Gasteiger partial charge in [0, 0.05) is 56.8 Å². The smallest absolute Gasteiger partial charge is 0.227 e. The van der Waals surface area contributed by atoms with Gasteiger partial charge in [-0.1, -0.05) is 13.8 Å². The van der Waals surface area contributed by atoms with Crippen molar-refractivity contribution >= 4 is 17.6 Å². The van der Waals surface area contributed by atoms with Crippen LogP contribution in [0.2, 0.25) is 0 Å². The second-order valence-corrected chi connectivity index (χ2v) is 7.23. The summed E-state index contributed by atoms with van der Waals surface area (Å²) in [5, 5.41) is 2.80. The Labute approximate surface area is 148 Å². The maximum atomic E-state index is 12.6. The van der Waals surface area contributed by atoms with Crippen molar-refractivity contribution in [3.8, 4) is 0 Å². The molecule has 2 amide bonds. The zero-order valence-corrected chi connectivity index (χ0v) is 15.3. The monoisotopic (exact) mass is 345 g/mol. The Bertz CT molecular complexity index is 643. The van der Waals surface area contributed by atoms with Crippen LogP contribution in [-0.2, 0) is 9.59 Å². The van der Waals surface area contributed by atoms with Gasteiger partial charge < -0.3 is 15.1 Å². The van der Waals surface area contributed by atoms with Crippen molar-refractivity contribution in [2.24, 2.45) is 5.92 Å². The average Bonchev–Trinajstić information content (AvgIpc) is 2.61. The van der Waals surface area contributed by atoms with Crippen LogP contribution in [-0.4, -0.2) is 59.4 Å². The SMILES string of the molecule is Cc1cc(N2CCN(C(=O)[C@@H]3CCC(=O)NC3)CC2)nc(C(C)C)n1. The van der Waals surface area contributed by atoms with Gasteiger partial charge in [0.2, 0.25) is 11.8 Å². The van der Waals surface area contributed by atoms with E-state index in [-0.39, 0.29) is 17.7 Å². The number of hydrogen-bond donors (Lipinski definition) is 1. The summed E-state index contributed by atoms with van der Waals surface area (Å²) < 4.78 is 0. The molecule has 1 aromatic heterocycles. The van der Waals surface area contributed by atoms with E-state index in [0.717, 1.165) is 30.4 Å². The topological polar surface area (TPSA) is 78.4 Å². The van der Waals surface area contributed by atoms with Crippen LogP contribution in [0, 0.1) is 12.8 Å². The maximum absolute atomic E-state index is 12.6. The van der Waals surface area contributed by atoms with Gasteiger partial charge in [-0.2, -0.15) is 0 Å². The van der Waals surface area contributed by atoms with Crippen LogP contribution in [0.5, 0.6) is 0 Å². The van der Waals surface area contributed by atoms with Crippen molar-refractivity contribution in [2.75, 3.05) is 37.6 Å². The summed E-state index contributed by atoms with van der Waals surface area (Å²) in [7, 11) is 0. The third-order valence-electron chi connectivity index (χ3n) is 4.90. The zero-order valence-electron chi connectivity index (χ0n) is 15.3. The van der Waals surface area contributed by atoms with Gasteiger partial charge in [-0.25, -0.2) is 9.97 Å². The highest BCUT2D eigenvalue weighted by Crippen LogP contribution is 2.20. The molecular formula is C18H27N5O2. The molecule has 0 aliphatic carbocycles. The standard InChI is InChI=1S/C18H27N5O2/c1-12(2)17-20-13(3)10-15(21-17)22-6-8-23(9-7-22)18(25)14-4-5-16(24)19-11-14/h10,12,14H,4-9,11H2,1-3H3,(H,19,24)/t14-/m1/s1. The number of piperazine rings is 1. The molecule has 136 valence electrons. The molecule has 25 heavy (non-hydrogen) atoms. The fourth-order valence-electron chi connectivity index (χ4n) is 3.35. The number of nitrogens with one attached hydrogen (secondary N) is 1. The summed E-state index contributed by atoms with van der Waals surface area (Å²) in [5.41, 5.74) is 0.977. The Morgan fingerprint density at radius 1 is 1.24 bits per heavy atom. The lowest BCUT2D eigenvalue weighted by Crippen LogP contribution is -2.52. The van der Waals surface area contributed by atoms with Gasteiger partial charge in [0.15, 0.2) is 0 Å². The molecule has 2 aliphatic heterocycles. The van der Waals surface area contributed by atoms with Crippen LogP contribution in [0.4, 0.5) is 5.82 Å². The van der Waals surface area contributed by atoms with Gasteiger partial charge >= 0.3 is 0 Å². The summed E-state index contributed by atoms with van der Waals surface area (Å²) in [5.74, 6) is 2.26. The normalized spacial score (nSPS) is 21.4. The second-order valence-electron chi connectivity index (χ2n) is 7.23. The number of carbonyl (C=O) groups excluding carboxylic acids is 2. The fourth-order valence-corrected chi connectivity index (χ4v) is 3.35. The highest BCUT2D eigenvalue weighted by atomic mass is 16.2. The Morgan fingerprint density at radius 3 is 2.56 bits per heavy atom. The van der Waals surface area contributed by atoms with E-state index < -0.39 is 0 Å². The predicted molar refractivity (Wildman–Crippen MR) is 95.4 cm³/mol. The summed E-state index contributed by atoms with van der Waals surface area (Å²) in [6, 6.07) is 2.01. The minimum atomic E-state index is -0.0712.